The van der Waals surface area contributed by atoms with Crippen LogP contribution >= 0.6 is 24.0 Å². The third-order valence-electron chi connectivity index (χ3n) is 4.68. The van der Waals surface area contributed by atoms with Gasteiger partial charge in [-0.1, -0.05) is 19.1 Å². The van der Waals surface area contributed by atoms with E-state index in [-0.39, 0.29) is 24.0 Å². The van der Waals surface area contributed by atoms with Crippen molar-refractivity contribution in [1.29, 1.82) is 0 Å². The fourth-order valence-corrected chi connectivity index (χ4v) is 3.02. The SMILES string of the molecule is CCNC(=NCc1ccc(C)cc1OCCOC)NCCN(CC)C1CC1.I. The first-order valence-corrected chi connectivity index (χ1v) is 10.1. The van der Waals surface area contributed by atoms with Crippen molar-refractivity contribution in [3.63, 3.8) is 0 Å². The first kappa shape index (κ1) is 25.0. The van der Waals surface area contributed by atoms with E-state index >= 15 is 0 Å². The molecule has 1 fully saturated rings. The van der Waals surface area contributed by atoms with E-state index in [0.29, 0.717) is 19.8 Å². The van der Waals surface area contributed by atoms with Crippen LogP contribution in [0.3, 0.4) is 0 Å². The summed E-state index contributed by atoms with van der Waals surface area (Å²) in [5.41, 5.74) is 2.27. The zero-order chi connectivity index (χ0) is 19.5. The molecule has 28 heavy (non-hydrogen) atoms. The third-order valence-corrected chi connectivity index (χ3v) is 4.68. The maximum atomic E-state index is 5.87. The number of ether oxygens (including phenoxy) is 2. The molecule has 1 saturated carbocycles. The van der Waals surface area contributed by atoms with Gasteiger partial charge >= 0.3 is 0 Å². The van der Waals surface area contributed by atoms with Crippen LogP contribution in [0.25, 0.3) is 0 Å². The lowest BCUT2D eigenvalue weighted by Gasteiger charge is -2.20. The molecule has 0 saturated heterocycles. The molecule has 0 atom stereocenters. The molecule has 0 heterocycles. The number of hydrogen-bond donors (Lipinski definition) is 2. The molecule has 0 aromatic heterocycles. The Morgan fingerprint density at radius 2 is 2.00 bits per heavy atom. The first-order chi connectivity index (χ1) is 13.2. The van der Waals surface area contributed by atoms with E-state index < -0.39 is 0 Å². The number of benzene rings is 1. The predicted molar refractivity (Wildman–Crippen MR) is 127 cm³/mol. The Balaban J connectivity index is 0.00000392. The molecule has 0 aliphatic heterocycles. The molecular weight excluding hydrogens is 467 g/mol. The van der Waals surface area contributed by atoms with Gasteiger partial charge in [0.15, 0.2) is 5.96 Å². The summed E-state index contributed by atoms with van der Waals surface area (Å²) >= 11 is 0. The van der Waals surface area contributed by atoms with Crippen LogP contribution in [0.15, 0.2) is 23.2 Å². The normalized spacial score (nSPS) is 14.0. The van der Waals surface area contributed by atoms with Gasteiger partial charge in [-0.25, -0.2) is 4.99 Å². The average Bonchev–Trinajstić information content (AvgIpc) is 3.49. The molecule has 0 unspecified atom stereocenters. The Kier molecular flexibility index (Phi) is 12.5. The predicted octanol–water partition coefficient (Wildman–Crippen LogP) is 3.18. The standard InChI is InChI=1S/C21H36N4O2.HI/c1-5-22-21(23-11-12-25(6-2)19-9-10-19)24-16-18-8-7-17(3)15-20(18)27-14-13-26-4;/h7-8,15,19H,5-6,9-14,16H2,1-4H3,(H2,22,23,24);1H. The quantitative estimate of drug-likeness (QED) is 0.198. The summed E-state index contributed by atoms with van der Waals surface area (Å²) in [5, 5.41) is 6.79. The lowest BCUT2D eigenvalue weighted by atomic mass is 10.1. The molecular formula is C21H37IN4O2. The van der Waals surface area contributed by atoms with Gasteiger partial charge in [0.2, 0.25) is 0 Å². The highest BCUT2D eigenvalue weighted by atomic mass is 127. The highest BCUT2D eigenvalue weighted by molar-refractivity contribution is 14.0. The number of guanidine groups is 1. The van der Waals surface area contributed by atoms with Crippen molar-refractivity contribution in [2.24, 2.45) is 4.99 Å². The Morgan fingerprint density at radius 3 is 2.64 bits per heavy atom. The van der Waals surface area contributed by atoms with Crippen molar-refractivity contribution in [2.45, 2.75) is 46.2 Å². The summed E-state index contributed by atoms with van der Waals surface area (Å²) in [4.78, 5) is 7.29. The molecule has 0 radical (unpaired) electrons. The van der Waals surface area contributed by atoms with Crippen molar-refractivity contribution in [1.82, 2.24) is 15.5 Å². The molecule has 1 aromatic carbocycles. The molecule has 6 nitrogen and oxygen atoms in total. The Morgan fingerprint density at radius 1 is 1.21 bits per heavy atom. The molecule has 1 aliphatic carbocycles. The van der Waals surface area contributed by atoms with Crippen molar-refractivity contribution in [3.05, 3.63) is 29.3 Å². The monoisotopic (exact) mass is 504 g/mol. The fraction of sp³-hybridized carbons (Fsp3) is 0.667. The maximum Gasteiger partial charge on any atom is 0.191 e. The minimum Gasteiger partial charge on any atom is -0.491 e. The van der Waals surface area contributed by atoms with Crippen LogP contribution in [-0.4, -0.2) is 63.4 Å². The first-order valence-electron chi connectivity index (χ1n) is 10.1. The molecule has 0 amide bonds. The number of halogens is 1. The fourth-order valence-electron chi connectivity index (χ4n) is 3.02. The van der Waals surface area contributed by atoms with E-state index in [1.54, 1.807) is 7.11 Å². The smallest absolute Gasteiger partial charge is 0.191 e. The van der Waals surface area contributed by atoms with Crippen LogP contribution in [0.1, 0.15) is 37.8 Å². The zero-order valence-corrected chi connectivity index (χ0v) is 20.1. The van der Waals surface area contributed by atoms with E-state index in [4.69, 9.17) is 14.5 Å². The number of nitrogens with one attached hydrogen (secondary N) is 2. The molecule has 160 valence electrons. The van der Waals surface area contributed by atoms with Crippen LogP contribution < -0.4 is 15.4 Å². The number of rotatable bonds is 12. The molecule has 1 aromatic rings. The number of aryl methyl sites for hydroxylation is 1. The van der Waals surface area contributed by atoms with Crippen LogP contribution in [0, 0.1) is 6.92 Å². The minimum absolute atomic E-state index is 0. The summed E-state index contributed by atoms with van der Waals surface area (Å²) in [5.74, 6) is 1.74. The molecule has 0 bridgehead atoms. The maximum absolute atomic E-state index is 5.87. The van der Waals surface area contributed by atoms with Crippen LogP contribution in [0.5, 0.6) is 5.75 Å². The Hall–Kier alpha value is -1.06. The largest absolute Gasteiger partial charge is 0.491 e. The third kappa shape index (κ3) is 8.96. The van der Waals surface area contributed by atoms with E-state index in [1.807, 2.05) is 0 Å². The second-order valence-electron chi connectivity index (χ2n) is 6.93. The van der Waals surface area contributed by atoms with Crippen molar-refractivity contribution in [3.8, 4) is 5.75 Å². The molecule has 7 heteroatoms. The van der Waals surface area contributed by atoms with Gasteiger partial charge in [-0.05, 0) is 44.9 Å². The number of methoxy groups -OCH3 is 1. The number of nitrogens with zero attached hydrogens (tertiary/aromatic N) is 2. The van der Waals surface area contributed by atoms with Gasteiger partial charge in [0.1, 0.15) is 12.4 Å². The Bertz CT molecular complexity index is 594. The lowest BCUT2D eigenvalue weighted by Crippen LogP contribution is -2.42. The van der Waals surface area contributed by atoms with Gasteiger partial charge in [0.25, 0.3) is 0 Å². The molecule has 0 spiro atoms. The number of likely N-dealkylation sites (N-methyl/N-ethyl adjacent to an activating group) is 1. The van der Waals surface area contributed by atoms with Crippen LogP contribution in [0.2, 0.25) is 0 Å². The second kappa shape index (κ2) is 14.0. The van der Waals surface area contributed by atoms with E-state index in [9.17, 15) is 0 Å². The van der Waals surface area contributed by atoms with Crippen LogP contribution in [-0.2, 0) is 11.3 Å². The van der Waals surface area contributed by atoms with Gasteiger partial charge in [0, 0.05) is 38.3 Å². The highest BCUT2D eigenvalue weighted by Gasteiger charge is 2.27. The zero-order valence-electron chi connectivity index (χ0n) is 17.8. The number of aliphatic imine (C=N–C) groups is 1. The molecule has 2 rings (SSSR count). The average molecular weight is 504 g/mol. The summed E-state index contributed by atoms with van der Waals surface area (Å²) in [6, 6.07) is 7.06. The van der Waals surface area contributed by atoms with Gasteiger partial charge < -0.3 is 20.1 Å². The number of hydrogen-bond acceptors (Lipinski definition) is 4. The lowest BCUT2D eigenvalue weighted by molar-refractivity contribution is 0.145. The van der Waals surface area contributed by atoms with Gasteiger partial charge in [-0.3, -0.25) is 4.90 Å². The molecule has 2 N–H and O–H groups in total. The summed E-state index contributed by atoms with van der Waals surface area (Å²) < 4.78 is 11.0. The van der Waals surface area contributed by atoms with Gasteiger partial charge in [-0.2, -0.15) is 0 Å². The summed E-state index contributed by atoms with van der Waals surface area (Å²) in [6.07, 6.45) is 2.70. The van der Waals surface area contributed by atoms with Gasteiger partial charge in [-0.15, -0.1) is 24.0 Å². The van der Waals surface area contributed by atoms with Gasteiger partial charge in [0.05, 0.1) is 13.2 Å². The second-order valence-corrected chi connectivity index (χ2v) is 6.93. The minimum atomic E-state index is 0. The van der Waals surface area contributed by atoms with Crippen LogP contribution in [0.4, 0.5) is 0 Å². The summed E-state index contributed by atoms with van der Waals surface area (Å²) in [6.45, 7) is 12.0. The topological polar surface area (TPSA) is 58.1 Å². The summed E-state index contributed by atoms with van der Waals surface area (Å²) in [7, 11) is 1.68. The molecule has 1 aliphatic rings. The van der Waals surface area contributed by atoms with Crippen molar-refractivity contribution >= 4 is 29.9 Å². The Labute approximate surface area is 187 Å². The van der Waals surface area contributed by atoms with E-state index in [1.165, 1.54) is 18.4 Å². The van der Waals surface area contributed by atoms with Crippen molar-refractivity contribution in [2.75, 3.05) is 46.5 Å². The van der Waals surface area contributed by atoms with E-state index in [2.05, 4.69) is 54.5 Å². The highest BCUT2D eigenvalue weighted by Crippen LogP contribution is 2.25. The van der Waals surface area contributed by atoms with Crippen molar-refractivity contribution < 1.29 is 9.47 Å². The van der Waals surface area contributed by atoms with E-state index in [0.717, 1.165) is 49.5 Å².